The highest BCUT2D eigenvalue weighted by molar-refractivity contribution is 6.00. The van der Waals surface area contributed by atoms with Crippen molar-refractivity contribution >= 4 is 5.91 Å². The first-order valence-electron chi connectivity index (χ1n) is 6.55. The van der Waals surface area contributed by atoms with Crippen LogP contribution in [0.3, 0.4) is 0 Å². The van der Waals surface area contributed by atoms with Crippen LogP contribution in [0.25, 0.3) is 11.3 Å². The molecule has 21 heavy (non-hydrogen) atoms. The number of hydrogen-bond acceptors (Lipinski definition) is 4. The molecule has 0 spiro atoms. The Bertz CT molecular complexity index is 622. The van der Waals surface area contributed by atoms with Gasteiger partial charge in [0.15, 0.2) is 0 Å². The van der Waals surface area contributed by atoms with Crippen LogP contribution in [-0.2, 0) is 4.74 Å². The van der Waals surface area contributed by atoms with Gasteiger partial charge in [-0.2, -0.15) is 0 Å². The van der Waals surface area contributed by atoms with Crippen LogP contribution >= 0.6 is 0 Å². The maximum atomic E-state index is 13.0. The summed E-state index contributed by atoms with van der Waals surface area (Å²) >= 11 is 0. The molecule has 1 heterocycles. The number of nitrogens with zero attached hydrogens (tertiary/aromatic N) is 1. The Morgan fingerprint density at radius 2 is 2.10 bits per heavy atom. The lowest BCUT2D eigenvalue weighted by atomic mass is 10.1. The second-order valence-corrected chi connectivity index (χ2v) is 4.80. The molecule has 0 aliphatic heterocycles. The Hall–Kier alpha value is -2.21. The zero-order valence-electron chi connectivity index (χ0n) is 12.1. The van der Waals surface area contributed by atoms with Crippen molar-refractivity contribution in [3.8, 4) is 11.3 Å². The summed E-state index contributed by atoms with van der Waals surface area (Å²) in [7, 11) is 1.57. The topological polar surface area (TPSA) is 64.4 Å². The number of aryl methyl sites for hydroxylation is 1. The second kappa shape index (κ2) is 6.49. The molecule has 1 aromatic carbocycles. The Labute approximate surface area is 122 Å². The van der Waals surface area contributed by atoms with Gasteiger partial charge < -0.3 is 14.6 Å². The van der Waals surface area contributed by atoms with Gasteiger partial charge in [-0.3, -0.25) is 4.79 Å². The Morgan fingerprint density at radius 1 is 1.43 bits per heavy atom. The highest BCUT2D eigenvalue weighted by Crippen LogP contribution is 2.25. The third-order valence-corrected chi connectivity index (χ3v) is 3.00. The van der Waals surface area contributed by atoms with E-state index in [2.05, 4.69) is 10.5 Å². The fourth-order valence-electron chi connectivity index (χ4n) is 2.03. The maximum Gasteiger partial charge on any atom is 0.257 e. The molecule has 0 aliphatic carbocycles. The standard InChI is InChI=1S/C15H17FN2O3/c1-9(8-20-3)17-15(19)13-10(2)21-18-14(13)11-4-6-12(16)7-5-11/h4-7,9H,8H2,1-3H3,(H,17,19)/t9-/m1/s1. The Kier molecular flexibility index (Phi) is 4.70. The molecule has 112 valence electrons. The average Bonchev–Trinajstić information content (AvgIpc) is 2.81. The van der Waals surface area contributed by atoms with Gasteiger partial charge in [0.25, 0.3) is 5.91 Å². The van der Waals surface area contributed by atoms with Crippen LogP contribution in [0, 0.1) is 12.7 Å². The Balaban J connectivity index is 2.29. The summed E-state index contributed by atoms with van der Waals surface area (Å²) in [5.41, 5.74) is 1.37. The molecule has 1 aromatic heterocycles. The predicted octanol–water partition coefficient (Wildman–Crippen LogP) is 2.55. The molecule has 0 aliphatic rings. The monoisotopic (exact) mass is 292 g/mol. The van der Waals surface area contributed by atoms with E-state index in [0.29, 0.717) is 29.2 Å². The van der Waals surface area contributed by atoms with Crippen molar-refractivity contribution in [3.05, 3.63) is 41.4 Å². The molecule has 0 saturated carbocycles. The van der Waals surface area contributed by atoms with E-state index in [-0.39, 0.29) is 17.8 Å². The predicted molar refractivity (Wildman–Crippen MR) is 75.4 cm³/mol. The number of amides is 1. The van der Waals surface area contributed by atoms with Gasteiger partial charge in [-0.1, -0.05) is 5.16 Å². The second-order valence-electron chi connectivity index (χ2n) is 4.80. The number of carbonyl (C=O) groups excluding carboxylic acids is 1. The van der Waals surface area contributed by atoms with Gasteiger partial charge in [0.05, 0.1) is 6.61 Å². The fourth-order valence-corrected chi connectivity index (χ4v) is 2.03. The minimum absolute atomic E-state index is 0.141. The Morgan fingerprint density at radius 3 is 2.71 bits per heavy atom. The molecule has 0 saturated heterocycles. The number of hydrogen-bond donors (Lipinski definition) is 1. The minimum Gasteiger partial charge on any atom is -0.383 e. The van der Waals surface area contributed by atoms with E-state index in [4.69, 9.17) is 9.26 Å². The maximum absolute atomic E-state index is 13.0. The van der Waals surface area contributed by atoms with Gasteiger partial charge in [-0.25, -0.2) is 4.39 Å². The molecular weight excluding hydrogens is 275 g/mol. The first kappa shape index (κ1) is 15.2. The number of ether oxygens (including phenoxy) is 1. The van der Waals surface area contributed by atoms with Gasteiger partial charge in [0, 0.05) is 18.7 Å². The van der Waals surface area contributed by atoms with Crippen molar-refractivity contribution in [1.82, 2.24) is 10.5 Å². The zero-order valence-corrected chi connectivity index (χ0v) is 12.1. The lowest BCUT2D eigenvalue weighted by molar-refractivity contribution is 0.0904. The van der Waals surface area contributed by atoms with E-state index in [1.54, 1.807) is 26.2 Å². The van der Waals surface area contributed by atoms with Gasteiger partial charge in [0.2, 0.25) is 0 Å². The molecule has 2 aromatic rings. The van der Waals surface area contributed by atoms with E-state index in [9.17, 15) is 9.18 Å². The lowest BCUT2D eigenvalue weighted by Crippen LogP contribution is -2.36. The molecule has 1 N–H and O–H groups in total. The third kappa shape index (κ3) is 3.46. The van der Waals surface area contributed by atoms with Crippen LogP contribution in [0.2, 0.25) is 0 Å². The molecule has 0 bridgehead atoms. The van der Waals surface area contributed by atoms with Crippen molar-refractivity contribution in [2.24, 2.45) is 0 Å². The lowest BCUT2D eigenvalue weighted by Gasteiger charge is -2.12. The van der Waals surface area contributed by atoms with E-state index in [1.165, 1.54) is 12.1 Å². The first-order valence-corrected chi connectivity index (χ1v) is 6.55. The van der Waals surface area contributed by atoms with Crippen LogP contribution in [0.1, 0.15) is 23.0 Å². The van der Waals surface area contributed by atoms with Gasteiger partial charge in [-0.05, 0) is 38.1 Å². The summed E-state index contributed by atoms with van der Waals surface area (Å²) in [6, 6.07) is 5.60. The number of halogens is 1. The van der Waals surface area contributed by atoms with E-state index in [0.717, 1.165) is 0 Å². The molecule has 6 heteroatoms. The zero-order chi connectivity index (χ0) is 15.4. The summed E-state index contributed by atoms with van der Waals surface area (Å²) in [6.45, 7) is 3.90. The largest absolute Gasteiger partial charge is 0.383 e. The first-order chi connectivity index (χ1) is 10.0. The molecular formula is C15H17FN2O3. The summed E-state index contributed by atoms with van der Waals surface area (Å²) in [6.07, 6.45) is 0. The number of benzene rings is 1. The minimum atomic E-state index is -0.348. The number of carbonyl (C=O) groups is 1. The molecule has 1 atom stereocenters. The SMILES string of the molecule is COC[C@@H](C)NC(=O)c1c(-c2ccc(F)cc2)noc1C. The van der Waals surface area contributed by atoms with Crippen molar-refractivity contribution in [3.63, 3.8) is 0 Å². The number of nitrogens with one attached hydrogen (secondary N) is 1. The third-order valence-electron chi connectivity index (χ3n) is 3.00. The number of methoxy groups -OCH3 is 1. The van der Waals surface area contributed by atoms with Crippen molar-refractivity contribution in [1.29, 1.82) is 0 Å². The molecule has 0 unspecified atom stereocenters. The molecule has 0 radical (unpaired) electrons. The smallest absolute Gasteiger partial charge is 0.257 e. The quantitative estimate of drug-likeness (QED) is 0.920. The van der Waals surface area contributed by atoms with Crippen molar-refractivity contribution in [2.75, 3.05) is 13.7 Å². The molecule has 5 nitrogen and oxygen atoms in total. The van der Waals surface area contributed by atoms with Crippen LogP contribution < -0.4 is 5.32 Å². The van der Waals surface area contributed by atoms with Crippen LogP contribution in [0.4, 0.5) is 4.39 Å². The summed E-state index contributed by atoms with van der Waals surface area (Å²) in [4.78, 5) is 12.3. The summed E-state index contributed by atoms with van der Waals surface area (Å²) in [5, 5.41) is 6.71. The molecule has 2 rings (SSSR count). The number of rotatable bonds is 5. The van der Waals surface area contributed by atoms with Gasteiger partial charge >= 0.3 is 0 Å². The highest BCUT2D eigenvalue weighted by atomic mass is 19.1. The summed E-state index contributed by atoms with van der Waals surface area (Å²) in [5.74, 6) is -0.229. The normalized spacial score (nSPS) is 12.2. The van der Waals surface area contributed by atoms with E-state index >= 15 is 0 Å². The van der Waals surface area contributed by atoms with E-state index < -0.39 is 0 Å². The van der Waals surface area contributed by atoms with Crippen molar-refractivity contribution < 1.29 is 18.4 Å². The van der Waals surface area contributed by atoms with Crippen LogP contribution in [0.5, 0.6) is 0 Å². The van der Waals surface area contributed by atoms with Crippen LogP contribution in [0.15, 0.2) is 28.8 Å². The van der Waals surface area contributed by atoms with Gasteiger partial charge in [0.1, 0.15) is 22.8 Å². The molecule has 0 fully saturated rings. The fraction of sp³-hybridized carbons (Fsp3) is 0.333. The van der Waals surface area contributed by atoms with Gasteiger partial charge in [-0.15, -0.1) is 0 Å². The van der Waals surface area contributed by atoms with E-state index in [1.807, 2.05) is 6.92 Å². The average molecular weight is 292 g/mol. The number of aromatic nitrogens is 1. The highest BCUT2D eigenvalue weighted by Gasteiger charge is 2.22. The van der Waals surface area contributed by atoms with Crippen molar-refractivity contribution in [2.45, 2.75) is 19.9 Å². The molecule has 1 amide bonds. The van der Waals surface area contributed by atoms with Crippen LogP contribution in [-0.4, -0.2) is 30.8 Å². The summed E-state index contributed by atoms with van der Waals surface area (Å²) < 4.78 is 23.1.